The molecule has 4 nitrogen and oxygen atoms in total. The number of nitrogens with zero attached hydrogens (tertiary/aromatic N) is 1. The number of rotatable bonds is 6. The highest BCUT2D eigenvalue weighted by Crippen LogP contribution is 2.26. The van der Waals surface area contributed by atoms with Crippen LogP contribution in [0.1, 0.15) is 5.56 Å². The second kappa shape index (κ2) is 10.0. The largest absolute Gasteiger partial charge is 0.497 e. The first-order valence-electron chi connectivity index (χ1n) is 8.96. The van der Waals surface area contributed by atoms with Crippen LogP contribution >= 0.6 is 23.2 Å². The molecular weight excluding hydrogens is 407 g/mol. The van der Waals surface area contributed by atoms with Gasteiger partial charge in [-0.25, -0.2) is 4.79 Å². The predicted octanol–water partition coefficient (Wildman–Crippen LogP) is 6.75. The van der Waals surface area contributed by atoms with Gasteiger partial charge in [0, 0.05) is 17.9 Å². The maximum absolute atomic E-state index is 13.0. The van der Waals surface area contributed by atoms with Crippen molar-refractivity contribution in [3.05, 3.63) is 94.5 Å². The summed E-state index contributed by atoms with van der Waals surface area (Å²) in [5.41, 5.74) is 2.36. The summed E-state index contributed by atoms with van der Waals surface area (Å²) in [4.78, 5) is 14.6. The minimum atomic E-state index is -0.286. The molecule has 0 bridgehead atoms. The van der Waals surface area contributed by atoms with Gasteiger partial charge >= 0.3 is 6.03 Å². The SMILES string of the molecule is COc1ccc(N(C/C=C/c2ccccc2)C(=O)Nc2ccc(Cl)c(Cl)c2)cc1. The van der Waals surface area contributed by atoms with Crippen LogP contribution in [0.3, 0.4) is 0 Å². The zero-order valence-corrected chi connectivity index (χ0v) is 17.3. The van der Waals surface area contributed by atoms with E-state index >= 15 is 0 Å². The minimum absolute atomic E-state index is 0.286. The quantitative estimate of drug-likeness (QED) is 0.473. The van der Waals surface area contributed by atoms with Crippen molar-refractivity contribution in [3.63, 3.8) is 0 Å². The lowest BCUT2D eigenvalue weighted by Crippen LogP contribution is -2.35. The fourth-order valence-electron chi connectivity index (χ4n) is 2.69. The molecule has 1 N–H and O–H groups in total. The molecule has 0 aliphatic rings. The average molecular weight is 427 g/mol. The summed E-state index contributed by atoms with van der Waals surface area (Å²) in [7, 11) is 1.60. The molecule has 3 aromatic rings. The van der Waals surface area contributed by atoms with E-state index in [-0.39, 0.29) is 6.03 Å². The van der Waals surface area contributed by atoms with Crippen LogP contribution in [-0.2, 0) is 0 Å². The highest BCUT2D eigenvalue weighted by atomic mass is 35.5. The Balaban J connectivity index is 1.81. The van der Waals surface area contributed by atoms with Crippen molar-refractivity contribution in [1.82, 2.24) is 0 Å². The zero-order valence-electron chi connectivity index (χ0n) is 15.8. The first-order valence-corrected chi connectivity index (χ1v) is 9.71. The number of anilines is 2. The highest BCUT2D eigenvalue weighted by Gasteiger charge is 2.15. The van der Waals surface area contributed by atoms with E-state index in [0.29, 0.717) is 22.3 Å². The highest BCUT2D eigenvalue weighted by molar-refractivity contribution is 6.42. The fraction of sp³-hybridized carbons (Fsp3) is 0.0870. The first-order chi connectivity index (χ1) is 14.1. The Morgan fingerprint density at radius 1 is 1.00 bits per heavy atom. The Morgan fingerprint density at radius 2 is 1.72 bits per heavy atom. The molecule has 0 spiro atoms. The van der Waals surface area contributed by atoms with E-state index in [2.05, 4.69) is 5.32 Å². The molecule has 0 saturated carbocycles. The number of carbonyl (C=O) groups excluding carboxylic acids is 1. The summed E-state index contributed by atoms with van der Waals surface area (Å²) in [6.07, 6.45) is 3.91. The van der Waals surface area contributed by atoms with Gasteiger partial charge in [-0.15, -0.1) is 0 Å². The number of hydrogen-bond acceptors (Lipinski definition) is 2. The van der Waals surface area contributed by atoms with Gasteiger partial charge in [-0.3, -0.25) is 4.90 Å². The Hall–Kier alpha value is -2.95. The van der Waals surface area contributed by atoms with Gasteiger partial charge < -0.3 is 10.1 Å². The van der Waals surface area contributed by atoms with Gasteiger partial charge in [0.05, 0.1) is 17.2 Å². The van der Waals surface area contributed by atoms with E-state index in [0.717, 1.165) is 17.0 Å². The van der Waals surface area contributed by atoms with Crippen LogP contribution in [0.4, 0.5) is 16.2 Å². The molecule has 0 unspecified atom stereocenters. The van der Waals surface area contributed by atoms with E-state index in [1.165, 1.54) is 0 Å². The van der Waals surface area contributed by atoms with Crippen LogP contribution in [0.2, 0.25) is 10.0 Å². The van der Waals surface area contributed by atoms with E-state index < -0.39 is 0 Å². The van der Waals surface area contributed by atoms with Crippen LogP contribution in [0.15, 0.2) is 78.9 Å². The summed E-state index contributed by atoms with van der Waals surface area (Å²) in [6, 6.07) is 21.9. The maximum atomic E-state index is 13.0. The number of nitrogens with one attached hydrogen (secondary N) is 1. The zero-order chi connectivity index (χ0) is 20.6. The third-order valence-corrected chi connectivity index (χ3v) is 4.94. The van der Waals surface area contributed by atoms with Gasteiger partial charge in [-0.2, -0.15) is 0 Å². The Labute approximate surface area is 180 Å². The molecular formula is C23H20Cl2N2O2. The van der Waals surface area contributed by atoms with Gasteiger partial charge in [0.25, 0.3) is 0 Å². The molecule has 29 heavy (non-hydrogen) atoms. The van der Waals surface area contributed by atoms with E-state index in [4.69, 9.17) is 27.9 Å². The topological polar surface area (TPSA) is 41.6 Å². The molecule has 0 heterocycles. The standard InChI is InChI=1S/C23H20Cl2N2O2/c1-29-20-12-10-19(11-13-20)27(15-5-8-17-6-3-2-4-7-17)23(28)26-18-9-14-21(24)22(25)16-18/h2-14,16H,15H2,1H3,(H,26,28)/b8-5+. The Bertz CT molecular complexity index is 990. The molecule has 6 heteroatoms. The summed E-state index contributed by atoms with van der Waals surface area (Å²) in [6.45, 7) is 0.383. The maximum Gasteiger partial charge on any atom is 0.326 e. The summed E-state index contributed by atoms with van der Waals surface area (Å²) in [5, 5.41) is 3.68. The molecule has 0 saturated heterocycles. The van der Waals surface area contributed by atoms with Gasteiger partial charge in [-0.05, 0) is 48.0 Å². The fourth-order valence-corrected chi connectivity index (χ4v) is 2.99. The molecule has 0 fully saturated rings. The van der Waals surface area contributed by atoms with Crippen LogP contribution in [0.5, 0.6) is 5.75 Å². The number of ether oxygens (including phenoxy) is 1. The number of halogens is 2. The molecule has 0 radical (unpaired) electrons. The first kappa shape index (κ1) is 20.8. The van der Waals surface area contributed by atoms with Gasteiger partial charge in [0.1, 0.15) is 5.75 Å². The van der Waals surface area contributed by atoms with E-state index in [1.807, 2.05) is 66.7 Å². The number of methoxy groups -OCH3 is 1. The van der Waals surface area contributed by atoms with Gasteiger partial charge in [0.2, 0.25) is 0 Å². The normalized spacial score (nSPS) is 10.7. The molecule has 3 rings (SSSR count). The van der Waals surface area contributed by atoms with Crippen LogP contribution in [0, 0.1) is 0 Å². The molecule has 0 aromatic heterocycles. The molecule has 0 aliphatic heterocycles. The van der Waals surface area contributed by atoms with Crippen molar-refractivity contribution in [2.45, 2.75) is 0 Å². The molecule has 2 amide bonds. The van der Waals surface area contributed by atoms with Crippen molar-refractivity contribution in [1.29, 1.82) is 0 Å². The predicted molar refractivity (Wildman–Crippen MR) is 121 cm³/mol. The Kier molecular flexibility index (Phi) is 7.17. The number of hydrogen-bond donors (Lipinski definition) is 1. The van der Waals surface area contributed by atoms with Gasteiger partial charge in [-0.1, -0.05) is 65.7 Å². The molecule has 0 atom stereocenters. The third-order valence-electron chi connectivity index (χ3n) is 4.20. The number of carbonyl (C=O) groups is 1. The minimum Gasteiger partial charge on any atom is -0.497 e. The van der Waals surface area contributed by atoms with E-state index in [9.17, 15) is 4.79 Å². The van der Waals surface area contributed by atoms with Crippen molar-refractivity contribution < 1.29 is 9.53 Å². The van der Waals surface area contributed by atoms with E-state index in [1.54, 1.807) is 30.2 Å². The summed E-state index contributed by atoms with van der Waals surface area (Å²) in [5.74, 6) is 0.721. The Morgan fingerprint density at radius 3 is 2.38 bits per heavy atom. The monoisotopic (exact) mass is 426 g/mol. The second-order valence-electron chi connectivity index (χ2n) is 6.18. The lowest BCUT2D eigenvalue weighted by molar-refractivity contribution is 0.257. The smallest absolute Gasteiger partial charge is 0.326 e. The number of urea groups is 1. The second-order valence-corrected chi connectivity index (χ2v) is 7.00. The van der Waals surface area contributed by atoms with Crippen molar-refractivity contribution in [2.75, 3.05) is 23.9 Å². The van der Waals surface area contributed by atoms with Gasteiger partial charge in [0.15, 0.2) is 0 Å². The van der Waals surface area contributed by atoms with Crippen LogP contribution < -0.4 is 15.0 Å². The number of benzene rings is 3. The van der Waals surface area contributed by atoms with Crippen LogP contribution in [0.25, 0.3) is 6.08 Å². The van der Waals surface area contributed by atoms with Crippen molar-refractivity contribution in [3.8, 4) is 5.75 Å². The lowest BCUT2D eigenvalue weighted by Gasteiger charge is -2.22. The summed E-state index contributed by atoms with van der Waals surface area (Å²) >= 11 is 12.0. The van der Waals surface area contributed by atoms with Crippen LogP contribution in [-0.4, -0.2) is 19.7 Å². The number of amides is 2. The van der Waals surface area contributed by atoms with Crippen molar-refractivity contribution in [2.24, 2.45) is 0 Å². The summed E-state index contributed by atoms with van der Waals surface area (Å²) < 4.78 is 5.21. The van der Waals surface area contributed by atoms with Crippen molar-refractivity contribution >= 4 is 46.7 Å². The lowest BCUT2D eigenvalue weighted by atomic mass is 10.2. The third kappa shape index (κ3) is 5.76. The average Bonchev–Trinajstić information content (AvgIpc) is 2.75. The molecule has 0 aliphatic carbocycles. The molecule has 148 valence electrons. The molecule has 3 aromatic carbocycles.